The fourth-order valence-electron chi connectivity index (χ4n) is 2.23. The highest BCUT2D eigenvalue weighted by atomic mass is 16.6. The number of piperidine rings is 1. The molecule has 1 aliphatic heterocycles. The smallest absolute Gasteiger partial charge is 0.269 e. The Kier molecular flexibility index (Phi) is 3.45. The number of nitro benzene ring substituents is 1. The fourth-order valence-corrected chi connectivity index (χ4v) is 2.23. The zero-order valence-corrected chi connectivity index (χ0v) is 9.91. The zero-order valence-electron chi connectivity index (χ0n) is 9.91. The van der Waals surface area contributed by atoms with Crippen molar-refractivity contribution in [1.82, 2.24) is 0 Å². The summed E-state index contributed by atoms with van der Waals surface area (Å²) in [5.74, 6) is -0.407. The summed E-state index contributed by atoms with van der Waals surface area (Å²) in [5.41, 5.74) is 6.28. The number of nitrogens with zero attached hydrogens (tertiary/aromatic N) is 2. The summed E-state index contributed by atoms with van der Waals surface area (Å²) in [6, 6.07) is 6.37. The molecule has 0 aromatic heterocycles. The molecule has 1 saturated heterocycles. The minimum absolute atomic E-state index is 0.0715. The summed E-state index contributed by atoms with van der Waals surface area (Å²) >= 11 is 0. The highest BCUT2D eigenvalue weighted by molar-refractivity contribution is 5.77. The van der Waals surface area contributed by atoms with Gasteiger partial charge in [-0.15, -0.1) is 0 Å². The second kappa shape index (κ2) is 5.03. The van der Waals surface area contributed by atoms with Crippen LogP contribution in [0.5, 0.6) is 0 Å². The number of nitrogens with two attached hydrogens (primary N) is 1. The molecule has 1 amide bonds. The first-order valence-corrected chi connectivity index (χ1v) is 5.86. The molecule has 1 heterocycles. The molecule has 96 valence electrons. The average Bonchev–Trinajstić information content (AvgIpc) is 2.39. The standard InChI is InChI=1S/C12H15N3O3/c13-12(16)9-2-1-7-14(8-9)10-3-5-11(6-4-10)15(17)18/h3-6,9H,1-2,7-8H2,(H2,13,16)/t9-/m1/s1. The number of carbonyl (C=O) groups is 1. The summed E-state index contributed by atoms with van der Waals surface area (Å²) < 4.78 is 0. The molecular weight excluding hydrogens is 234 g/mol. The van der Waals surface area contributed by atoms with E-state index in [0.717, 1.165) is 25.1 Å². The quantitative estimate of drug-likeness (QED) is 0.645. The maximum atomic E-state index is 11.2. The van der Waals surface area contributed by atoms with Crippen molar-refractivity contribution in [3.05, 3.63) is 34.4 Å². The first kappa shape index (κ1) is 12.3. The SMILES string of the molecule is NC(=O)[C@@H]1CCCN(c2ccc([N+](=O)[O-])cc2)C1. The third-order valence-corrected chi connectivity index (χ3v) is 3.25. The van der Waals surface area contributed by atoms with Gasteiger partial charge >= 0.3 is 0 Å². The van der Waals surface area contributed by atoms with Crippen molar-refractivity contribution in [3.8, 4) is 0 Å². The molecule has 0 radical (unpaired) electrons. The molecule has 1 aliphatic rings. The fraction of sp³-hybridized carbons (Fsp3) is 0.417. The number of rotatable bonds is 3. The molecule has 6 nitrogen and oxygen atoms in total. The molecule has 18 heavy (non-hydrogen) atoms. The van der Waals surface area contributed by atoms with Crippen LogP contribution in [-0.2, 0) is 4.79 Å². The van der Waals surface area contributed by atoms with Crippen LogP contribution < -0.4 is 10.6 Å². The van der Waals surface area contributed by atoms with Crippen LogP contribution in [0.3, 0.4) is 0 Å². The van der Waals surface area contributed by atoms with Crippen LogP contribution in [0.1, 0.15) is 12.8 Å². The predicted octanol–water partition coefficient (Wildman–Crippen LogP) is 1.30. The number of nitro groups is 1. The van der Waals surface area contributed by atoms with E-state index in [1.165, 1.54) is 12.1 Å². The summed E-state index contributed by atoms with van der Waals surface area (Å²) in [6.07, 6.45) is 1.73. The lowest BCUT2D eigenvalue weighted by molar-refractivity contribution is -0.384. The summed E-state index contributed by atoms with van der Waals surface area (Å²) in [5, 5.41) is 10.6. The van der Waals surface area contributed by atoms with E-state index in [1.54, 1.807) is 12.1 Å². The molecule has 0 spiro atoms. The molecule has 2 N–H and O–H groups in total. The van der Waals surface area contributed by atoms with Gasteiger partial charge in [-0.05, 0) is 25.0 Å². The van der Waals surface area contributed by atoms with Crippen molar-refractivity contribution < 1.29 is 9.72 Å². The Morgan fingerprint density at radius 2 is 2.06 bits per heavy atom. The van der Waals surface area contributed by atoms with Crippen LogP contribution in [0, 0.1) is 16.0 Å². The van der Waals surface area contributed by atoms with Gasteiger partial charge in [0.05, 0.1) is 10.8 Å². The van der Waals surface area contributed by atoms with Crippen LogP contribution >= 0.6 is 0 Å². The van der Waals surface area contributed by atoms with Gasteiger partial charge in [0.25, 0.3) is 5.69 Å². The lowest BCUT2D eigenvalue weighted by Crippen LogP contribution is -2.41. The van der Waals surface area contributed by atoms with E-state index in [2.05, 4.69) is 0 Å². The third-order valence-electron chi connectivity index (χ3n) is 3.25. The Morgan fingerprint density at radius 3 is 2.61 bits per heavy atom. The molecule has 0 unspecified atom stereocenters. The molecule has 6 heteroatoms. The lowest BCUT2D eigenvalue weighted by atomic mass is 9.97. The molecular formula is C12H15N3O3. The first-order chi connectivity index (χ1) is 8.58. The van der Waals surface area contributed by atoms with Gasteiger partial charge in [0.2, 0.25) is 5.91 Å². The van der Waals surface area contributed by atoms with Crippen molar-refractivity contribution in [2.45, 2.75) is 12.8 Å². The number of hydrogen-bond donors (Lipinski definition) is 1. The Morgan fingerprint density at radius 1 is 1.39 bits per heavy atom. The maximum Gasteiger partial charge on any atom is 0.269 e. The molecule has 2 rings (SSSR count). The Balaban J connectivity index is 2.11. The second-order valence-corrected chi connectivity index (χ2v) is 4.46. The van der Waals surface area contributed by atoms with E-state index >= 15 is 0 Å². The van der Waals surface area contributed by atoms with Crippen molar-refractivity contribution in [1.29, 1.82) is 0 Å². The van der Waals surface area contributed by atoms with Gasteiger partial charge in [-0.2, -0.15) is 0 Å². The lowest BCUT2D eigenvalue weighted by Gasteiger charge is -2.32. The average molecular weight is 249 g/mol. The van der Waals surface area contributed by atoms with Crippen LogP contribution in [0.15, 0.2) is 24.3 Å². The molecule has 1 fully saturated rings. The third kappa shape index (κ3) is 2.58. The zero-order chi connectivity index (χ0) is 13.1. The largest absolute Gasteiger partial charge is 0.371 e. The van der Waals surface area contributed by atoms with Crippen LogP contribution in [-0.4, -0.2) is 23.9 Å². The van der Waals surface area contributed by atoms with Gasteiger partial charge in [0, 0.05) is 30.9 Å². The topological polar surface area (TPSA) is 89.5 Å². The van der Waals surface area contributed by atoms with E-state index in [1.807, 2.05) is 4.90 Å². The molecule has 1 aromatic rings. The van der Waals surface area contributed by atoms with E-state index in [4.69, 9.17) is 5.73 Å². The Bertz CT molecular complexity index is 458. The van der Waals surface area contributed by atoms with Gasteiger partial charge in [-0.25, -0.2) is 0 Å². The van der Waals surface area contributed by atoms with Crippen molar-refractivity contribution in [3.63, 3.8) is 0 Å². The number of amides is 1. The molecule has 1 aromatic carbocycles. The first-order valence-electron chi connectivity index (χ1n) is 5.86. The molecule has 1 atom stereocenters. The minimum Gasteiger partial charge on any atom is -0.371 e. The summed E-state index contributed by atoms with van der Waals surface area (Å²) in [7, 11) is 0. The van der Waals surface area contributed by atoms with Crippen molar-refractivity contribution in [2.75, 3.05) is 18.0 Å². The number of benzene rings is 1. The predicted molar refractivity (Wildman–Crippen MR) is 67.2 cm³/mol. The number of non-ortho nitro benzene ring substituents is 1. The Hall–Kier alpha value is -2.11. The van der Waals surface area contributed by atoms with Crippen LogP contribution in [0.25, 0.3) is 0 Å². The number of carbonyl (C=O) groups excluding carboxylic acids is 1. The minimum atomic E-state index is -0.424. The summed E-state index contributed by atoms with van der Waals surface area (Å²) in [4.78, 5) is 23.4. The van der Waals surface area contributed by atoms with Gasteiger partial charge in [0.1, 0.15) is 0 Å². The number of hydrogen-bond acceptors (Lipinski definition) is 4. The van der Waals surface area contributed by atoms with E-state index in [-0.39, 0.29) is 17.5 Å². The van der Waals surface area contributed by atoms with Gasteiger partial charge < -0.3 is 10.6 Å². The monoisotopic (exact) mass is 249 g/mol. The van der Waals surface area contributed by atoms with Gasteiger partial charge in [0.15, 0.2) is 0 Å². The molecule has 0 saturated carbocycles. The second-order valence-electron chi connectivity index (χ2n) is 4.46. The van der Waals surface area contributed by atoms with E-state index in [0.29, 0.717) is 6.54 Å². The van der Waals surface area contributed by atoms with Gasteiger partial charge in [-0.3, -0.25) is 14.9 Å². The molecule has 0 aliphatic carbocycles. The highest BCUT2D eigenvalue weighted by Crippen LogP contribution is 2.24. The van der Waals surface area contributed by atoms with Gasteiger partial charge in [-0.1, -0.05) is 0 Å². The van der Waals surface area contributed by atoms with Crippen LogP contribution in [0.4, 0.5) is 11.4 Å². The van der Waals surface area contributed by atoms with Crippen LogP contribution in [0.2, 0.25) is 0 Å². The number of anilines is 1. The van der Waals surface area contributed by atoms with E-state index in [9.17, 15) is 14.9 Å². The maximum absolute atomic E-state index is 11.2. The highest BCUT2D eigenvalue weighted by Gasteiger charge is 2.24. The van der Waals surface area contributed by atoms with E-state index < -0.39 is 4.92 Å². The number of primary amides is 1. The van der Waals surface area contributed by atoms with Crippen molar-refractivity contribution >= 4 is 17.3 Å². The molecule has 0 bridgehead atoms. The summed E-state index contributed by atoms with van der Waals surface area (Å²) in [6.45, 7) is 1.44. The van der Waals surface area contributed by atoms with Crippen molar-refractivity contribution in [2.24, 2.45) is 11.7 Å². The normalized spacial score (nSPS) is 19.6. The Labute approximate surface area is 105 Å².